The van der Waals surface area contributed by atoms with Crippen molar-refractivity contribution >= 4 is 35.2 Å². The van der Waals surface area contributed by atoms with Crippen molar-refractivity contribution in [3.63, 3.8) is 0 Å². The second kappa shape index (κ2) is 10.6. The van der Waals surface area contributed by atoms with Crippen molar-refractivity contribution in [1.29, 1.82) is 0 Å². The van der Waals surface area contributed by atoms with Gasteiger partial charge in [0.15, 0.2) is 0 Å². The maximum absolute atomic E-state index is 12.7. The maximum atomic E-state index is 12.7. The van der Waals surface area contributed by atoms with Crippen molar-refractivity contribution < 1.29 is 14.4 Å². The van der Waals surface area contributed by atoms with Gasteiger partial charge < -0.3 is 15.1 Å². The van der Waals surface area contributed by atoms with E-state index in [1.54, 1.807) is 29.2 Å². The summed E-state index contributed by atoms with van der Waals surface area (Å²) in [6.07, 6.45) is 4.50. The highest BCUT2D eigenvalue weighted by Crippen LogP contribution is 2.16. The van der Waals surface area contributed by atoms with Crippen LogP contribution in [0.3, 0.4) is 0 Å². The predicted molar refractivity (Wildman–Crippen MR) is 123 cm³/mol. The third-order valence-electron chi connectivity index (χ3n) is 5.50. The highest BCUT2D eigenvalue weighted by molar-refractivity contribution is 7.99. The fourth-order valence-corrected chi connectivity index (χ4v) is 4.67. The first-order valence-electron chi connectivity index (χ1n) is 10.6. The molecule has 32 heavy (non-hydrogen) atoms. The van der Waals surface area contributed by atoms with Crippen LogP contribution in [0.25, 0.3) is 0 Å². The smallest absolute Gasteiger partial charge is 0.274 e. The van der Waals surface area contributed by atoms with Gasteiger partial charge in [-0.1, -0.05) is 6.07 Å². The summed E-state index contributed by atoms with van der Waals surface area (Å²) in [5.74, 6) is 1.64. The molecule has 0 radical (unpaired) electrons. The second-order valence-electron chi connectivity index (χ2n) is 7.69. The molecule has 0 unspecified atom stereocenters. The summed E-state index contributed by atoms with van der Waals surface area (Å²) >= 11 is 1.86. The fraction of sp³-hybridized carbons (Fsp3) is 0.409. The zero-order valence-electron chi connectivity index (χ0n) is 17.8. The van der Waals surface area contributed by atoms with Crippen LogP contribution in [0.15, 0.2) is 42.9 Å². The molecule has 0 spiro atoms. The molecule has 3 amide bonds. The van der Waals surface area contributed by atoms with Crippen LogP contribution in [0.4, 0.5) is 5.69 Å². The third kappa shape index (κ3) is 5.63. The minimum atomic E-state index is -0.143. The first-order chi connectivity index (χ1) is 15.6. The van der Waals surface area contributed by atoms with E-state index < -0.39 is 0 Å². The lowest BCUT2D eigenvalue weighted by molar-refractivity contribution is -0.117. The molecule has 9 nitrogen and oxygen atoms in total. The van der Waals surface area contributed by atoms with Crippen molar-refractivity contribution in [1.82, 2.24) is 24.7 Å². The Morgan fingerprint density at radius 3 is 2.41 bits per heavy atom. The van der Waals surface area contributed by atoms with Gasteiger partial charge in [0, 0.05) is 74.4 Å². The quantitative estimate of drug-likeness (QED) is 0.721. The summed E-state index contributed by atoms with van der Waals surface area (Å²) in [5.41, 5.74) is 1.53. The summed E-state index contributed by atoms with van der Waals surface area (Å²) in [5, 5.41) is 2.89. The Kier molecular flexibility index (Phi) is 7.33. The lowest BCUT2D eigenvalue weighted by Crippen LogP contribution is -2.50. The van der Waals surface area contributed by atoms with Crippen molar-refractivity contribution in [3.05, 3.63) is 54.1 Å². The molecular weight excluding hydrogens is 428 g/mol. The van der Waals surface area contributed by atoms with Crippen LogP contribution < -0.4 is 5.32 Å². The van der Waals surface area contributed by atoms with E-state index in [2.05, 4.69) is 15.3 Å². The minimum Gasteiger partial charge on any atom is -0.337 e. The maximum Gasteiger partial charge on any atom is 0.274 e. The van der Waals surface area contributed by atoms with Crippen LogP contribution in [0, 0.1) is 0 Å². The Morgan fingerprint density at radius 2 is 1.69 bits per heavy atom. The van der Waals surface area contributed by atoms with Gasteiger partial charge >= 0.3 is 0 Å². The average molecular weight is 455 g/mol. The van der Waals surface area contributed by atoms with Crippen LogP contribution >= 0.6 is 11.8 Å². The number of nitrogens with one attached hydrogen (secondary N) is 1. The summed E-state index contributed by atoms with van der Waals surface area (Å²) < 4.78 is 0. The fourth-order valence-electron chi connectivity index (χ4n) is 3.76. The molecule has 0 aliphatic carbocycles. The zero-order valence-corrected chi connectivity index (χ0v) is 18.6. The lowest BCUT2D eigenvalue weighted by Gasteiger charge is -2.34. The van der Waals surface area contributed by atoms with Crippen molar-refractivity contribution in [2.45, 2.75) is 0 Å². The van der Waals surface area contributed by atoms with Crippen LogP contribution in [-0.2, 0) is 4.79 Å². The number of hydrogen-bond donors (Lipinski definition) is 1. The number of benzene rings is 1. The van der Waals surface area contributed by atoms with Crippen molar-refractivity contribution in [2.75, 3.05) is 62.6 Å². The Morgan fingerprint density at radius 1 is 0.938 bits per heavy atom. The van der Waals surface area contributed by atoms with E-state index in [4.69, 9.17) is 0 Å². The van der Waals surface area contributed by atoms with E-state index >= 15 is 0 Å². The first-order valence-corrected chi connectivity index (χ1v) is 11.8. The second-order valence-corrected chi connectivity index (χ2v) is 8.92. The number of nitrogens with zero attached hydrogens (tertiary/aromatic N) is 5. The van der Waals surface area contributed by atoms with Gasteiger partial charge in [-0.15, -0.1) is 0 Å². The van der Waals surface area contributed by atoms with Crippen LogP contribution in [0.1, 0.15) is 20.8 Å². The topological polar surface area (TPSA) is 98.7 Å². The number of anilines is 1. The van der Waals surface area contributed by atoms with Crippen molar-refractivity contribution in [2.24, 2.45) is 0 Å². The highest BCUT2D eigenvalue weighted by Gasteiger charge is 2.24. The molecule has 0 saturated carbocycles. The number of rotatable bonds is 5. The Labute approximate surface area is 191 Å². The van der Waals surface area contributed by atoms with Crippen LogP contribution in [0.2, 0.25) is 0 Å². The molecule has 1 aromatic heterocycles. The first kappa shape index (κ1) is 22.2. The molecule has 10 heteroatoms. The van der Waals surface area contributed by atoms with E-state index in [0.717, 1.165) is 24.6 Å². The normalized spacial score (nSPS) is 17.1. The molecule has 2 saturated heterocycles. The number of piperazine rings is 1. The minimum absolute atomic E-state index is 0.00490. The van der Waals surface area contributed by atoms with Gasteiger partial charge in [0.25, 0.3) is 11.8 Å². The number of carbonyl (C=O) groups is 3. The standard InChI is InChI=1S/C22H26N6O3S/c29-20(16-26-6-8-27(9-7-26)22(31)19-15-23-4-5-24-19)25-18-3-1-2-17(14-18)21(30)28-10-12-32-13-11-28/h1-5,14-15H,6-13,16H2,(H,25,29). The molecule has 1 aromatic carbocycles. The molecule has 4 rings (SSSR count). The molecule has 2 aliphatic heterocycles. The molecular formula is C22H26N6O3S. The Balaban J connectivity index is 1.26. The lowest BCUT2D eigenvalue weighted by atomic mass is 10.1. The number of thioether (sulfide) groups is 1. The predicted octanol–water partition coefficient (Wildman–Crippen LogP) is 1.06. The number of amides is 3. The van der Waals surface area contributed by atoms with Gasteiger partial charge in [0.1, 0.15) is 5.69 Å². The Bertz CT molecular complexity index is 959. The summed E-state index contributed by atoms with van der Waals surface area (Å²) in [6, 6.07) is 7.10. The molecule has 0 bridgehead atoms. The van der Waals surface area contributed by atoms with Gasteiger partial charge in [-0.2, -0.15) is 11.8 Å². The molecule has 0 atom stereocenters. The number of hydrogen-bond acceptors (Lipinski definition) is 7. The number of aromatic nitrogens is 2. The summed E-state index contributed by atoms with van der Waals surface area (Å²) in [6.45, 7) is 4.00. The van der Waals surface area contributed by atoms with E-state index in [-0.39, 0.29) is 24.3 Å². The van der Waals surface area contributed by atoms with Gasteiger partial charge in [-0.3, -0.25) is 24.3 Å². The van der Waals surface area contributed by atoms with Gasteiger partial charge in [-0.25, -0.2) is 4.98 Å². The SMILES string of the molecule is O=C(CN1CCN(C(=O)c2cnccn2)CC1)Nc1cccc(C(=O)N2CCSCC2)c1. The third-order valence-corrected chi connectivity index (χ3v) is 6.44. The van der Waals surface area contributed by atoms with Gasteiger partial charge in [0.2, 0.25) is 5.91 Å². The molecule has 2 aromatic rings. The Hall–Kier alpha value is -2.98. The van der Waals surface area contributed by atoms with Crippen LogP contribution in [0.5, 0.6) is 0 Å². The molecule has 3 heterocycles. The highest BCUT2D eigenvalue weighted by atomic mass is 32.2. The molecule has 168 valence electrons. The largest absolute Gasteiger partial charge is 0.337 e. The average Bonchev–Trinajstić information content (AvgIpc) is 2.85. The monoisotopic (exact) mass is 454 g/mol. The van der Waals surface area contributed by atoms with E-state index in [1.807, 2.05) is 21.6 Å². The summed E-state index contributed by atoms with van der Waals surface area (Å²) in [4.78, 5) is 51.3. The molecule has 2 fully saturated rings. The number of carbonyl (C=O) groups excluding carboxylic acids is 3. The van der Waals surface area contributed by atoms with Crippen molar-refractivity contribution in [3.8, 4) is 0 Å². The van der Waals surface area contributed by atoms with Gasteiger partial charge in [-0.05, 0) is 18.2 Å². The van der Waals surface area contributed by atoms with E-state index in [0.29, 0.717) is 43.1 Å². The molecule has 2 aliphatic rings. The van der Waals surface area contributed by atoms with Gasteiger partial charge in [0.05, 0.1) is 12.7 Å². The van der Waals surface area contributed by atoms with Crippen LogP contribution in [-0.4, -0.2) is 99.7 Å². The summed E-state index contributed by atoms with van der Waals surface area (Å²) in [7, 11) is 0. The van der Waals surface area contributed by atoms with E-state index in [1.165, 1.54) is 18.6 Å². The molecule has 1 N–H and O–H groups in total. The zero-order chi connectivity index (χ0) is 22.3. The van der Waals surface area contributed by atoms with E-state index in [9.17, 15) is 14.4 Å².